The maximum atomic E-state index is 12.5. The molecule has 8 heteroatoms. The molecule has 0 saturated heterocycles. The van der Waals surface area contributed by atoms with Gasteiger partial charge in [0, 0.05) is 17.9 Å². The van der Waals surface area contributed by atoms with Crippen LogP contribution in [0.1, 0.15) is 36.4 Å². The second-order valence-corrected chi connectivity index (χ2v) is 8.50. The largest absolute Gasteiger partial charge is 0.326 e. The molecule has 32 heavy (non-hydrogen) atoms. The highest BCUT2D eigenvalue weighted by Crippen LogP contribution is 2.19. The van der Waals surface area contributed by atoms with Gasteiger partial charge in [-0.2, -0.15) is 0 Å². The molecule has 168 valence electrons. The Kier molecular flexibility index (Phi) is 8.05. The van der Waals surface area contributed by atoms with E-state index in [1.165, 1.54) is 22.9 Å². The number of hydrogen-bond acceptors (Lipinski definition) is 5. The van der Waals surface area contributed by atoms with Crippen LogP contribution in [0.2, 0.25) is 0 Å². The van der Waals surface area contributed by atoms with E-state index in [1.54, 1.807) is 0 Å². The van der Waals surface area contributed by atoms with Crippen LogP contribution in [0.3, 0.4) is 0 Å². The van der Waals surface area contributed by atoms with Crippen LogP contribution in [0.15, 0.2) is 47.6 Å². The van der Waals surface area contributed by atoms with Gasteiger partial charge >= 0.3 is 0 Å². The summed E-state index contributed by atoms with van der Waals surface area (Å²) in [6.07, 6.45) is 1.08. The third kappa shape index (κ3) is 6.20. The average molecular weight is 452 g/mol. The van der Waals surface area contributed by atoms with Crippen molar-refractivity contribution >= 4 is 35.0 Å². The number of aryl methyl sites for hydroxylation is 3. The van der Waals surface area contributed by atoms with Gasteiger partial charge in [-0.25, -0.2) is 0 Å². The van der Waals surface area contributed by atoms with Crippen LogP contribution in [0.5, 0.6) is 0 Å². The van der Waals surface area contributed by atoms with Crippen LogP contribution >= 0.6 is 11.8 Å². The van der Waals surface area contributed by atoms with Gasteiger partial charge in [0.15, 0.2) is 5.16 Å². The van der Waals surface area contributed by atoms with Crippen LogP contribution in [0.4, 0.5) is 11.4 Å². The highest BCUT2D eigenvalue weighted by molar-refractivity contribution is 7.99. The first-order valence-electron chi connectivity index (χ1n) is 10.7. The molecule has 1 aromatic heterocycles. The third-order valence-electron chi connectivity index (χ3n) is 5.20. The van der Waals surface area contributed by atoms with E-state index in [2.05, 4.69) is 27.8 Å². The van der Waals surface area contributed by atoms with Crippen molar-refractivity contribution in [2.75, 3.05) is 16.4 Å². The van der Waals surface area contributed by atoms with Crippen molar-refractivity contribution in [1.82, 2.24) is 14.8 Å². The lowest BCUT2D eigenvalue weighted by atomic mass is 10.1. The van der Waals surface area contributed by atoms with Crippen LogP contribution in [-0.2, 0) is 29.0 Å². The molecular weight excluding hydrogens is 422 g/mol. The van der Waals surface area contributed by atoms with Crippen molar-refractivity contribution < 1.29 is 9.59 Å². The molecule has 0 radical (unpaired) electrons. The fourth-order valence-electron chi connectivity index (χ4n) is 3.19. The molecule has 0 unspecified atom stereocenters. The van der Waals surface area contributed by atoms with Crippen molar-refractivity contribution in [2.45, 2.75) is 52.2 Å². The standard InChI is InChI=1S/C24H29N5O2S/c1-5-18-8-11-19(12-9-18)25-23(31)15-32-24-28-27-21(29(24)6-2)14-22(30)26-20-10-7-16(3)17(4)13-20/h7-13H,5-6,14-15H2,1-4H3,(H,25,31)(H,26,30). The van der Waals surface area contributed by atoms with Crippen molar-refractivity contribution in [1.29, 1.82) is 0 Å². The molecule has 7 nitrogen and oxygen atoms in total. The van der Waals surface area contributed by atoms with Crippen LogP contribution < -0.4 is 10.6 Å². The second kappa shape index (κ2) is 10.9. The predicted molar refractivity (Wildman–Crippen MR) is 129 cm³/mol. The van der Waals surface area contributed by atoms with Crippen molar-refractivity contribution in [3.8, 4) is 0 Å². The first-order valence-corrected chi connectivity index (χ1v) is 11.7. The molecule has 3 rings (SSSR count). The first-order chi connectivity index (χ1) is 15.4. The third-order valence-corrected chi connectivity index (χ3v) is 6.16. The SMILES string of the molecule is CCc1ccc(NC(=O)CSc2nnc(CC(=O)Nc3ccc(C)c(C)c3)n2CC)cc1. The molecule has 0 atom stereocenters. The lowest BCUT2D eigenvalue weighted by molar-refractivity contribution is -0.116. The molecule has 0 spiro atoms. The molecule has 0 aliphatic heterocycles. The zero-order chi connectivity index (χ0) is 23.1. The summed E-state index contributed by atoms with van der Waals surface area (Å²) in [4.78, 5) is 24.8. The Hall–Kier alpha value is -3.13. The van der Waals surface area contributed by atoms with Gasteiger partial charge in [0.2, 0.25) is 11.8 Å². The quantitative estimate of drug-likeness (QED) is 0.471. The monoisotopic (exact) mass is 451 g/mol. The number of carbonyl (C=O) groups is 2. The van der Waals surface area contributed by atoms with Gasteiger partial charge in [-0.05, 0) is 68.1 Å². The summed E-state index contributed by atoms with van der Waals surface area (Å²) in [6.45, 7) is 8.72. The lowest BCUT2D eigenvalue weighted by Crippen LogP contribution is -2.18. The van der Waals surface area contributed by atoms with Crippen molar-refractivity contribution in [3.05, 3.63) is 65.0 Å². The summed E-state index contributed by atoms with van der Waals surface area (Å²) in [7, 11) is 0. The summed E-state index contributed by atoms with van der Waals surface area (Å²) < 4.78 is 1.87. The van der Waals surface area contributed by atoms with E-state index >= 15 is 0 Å². The highest BCUT2D eigenvalue weighted by Gasteiger charge is 2.16. The lowest BCUT2D eigenvalue weighted by Gasteiger charge is -2.09. The number of thioether (sulfide) groups is 1. The first kappa shape index (κ1) is 23.5. The van der Waals surface area contributed by atoms with Gasteiger partial charge < -0.3 is 15.2 Å². The number of rotatable bonds is 9. The van der Waals surface area contributed by atoms with Crippen LogP contribution in [-0.4, -0.2) is 32.3 Å². The van der Waals surface area contributed by atoms with E-state index in [9.17, 15) is 9.59 Å². The summed E-state index contributed by atoms with van der Waals surface area (Å²) in [6, 6.07) is 13.6. The molecule has 2 amide bonds. The van der Waals surface area contributed by atoms with E-state index in [0.29, 0.717) is 17.5 Å². The van der Waals surface area contributed by atoms with E-state index in [1.807, 2.05) is 67.8 Å². The minimum Gasteiger partial charge on any atom is -0.326 e. The number of aromatic nitrogens is 3. The van der Waals surface area contributed by atoms with Crippen LogP contribution in [0, 0.1) is 13.8 Å². The maximum Gasteiger partial charge on any atom is 0.234 e. The van der Waals surface area contributed by atoms with Gasteiger partial charge in [0.1, 0.15) is 5.82 Å². The molecular formula is C24H29N5O2S. The average Bonchev–Trinajstić information content (AvgIpc) is 3.16. The summed E-state index contributed by atoms with van der Waals surface area (Å²) in [5.41, 5.74) is 5.06. The highest BCUT2D eigenvalue weighted by atomic mass is 32.2. The molecule has 0 fully saturated rings. The fraction of sp³-hybridized carbons (Fsp3) is 0.333. The zero-order valence-corrected chi connectivity index (χ0v) is 19.8. The minimum absolute atomic E-state index is 0.112. The Bertz CT molecular complexity index is 1090. The number of amides is 2. The summed E-state index contributed by atoms with van der Waals surface area (Å²) in [5, 5.41) is 14.8. The fourth-order valence-corrected chi connectivity index (χ4v) is 4.01. The van der Waals surface area contributed by atoms with E-state index in [4.69, 9.17) is 0 Å². The minimum atomic E-state index is -0.153. The Balaban J connectivity index is 1.56. The van der Waals surface area contributed by atoms with Gasteiger partial charge in [-0.1, -0.05) is 36.9 Å². The van der Waals surface area contributed by atoms with Crippen molar-refractivity contribution in [3.63, 3.8) is 0 Å². The smallest absolute Gasteiger partial charge is 0.234 e. The van der Waals surface area contributed by atoms with Gasteiger partial charge in [0.05, 0.1) is 12.2 Å². The molecule has 2 aromatic carbocycles. The van der Waals surface area contributed by atoms with Gasteiger partial charge in [-0.3, -0.25) is 9.59 Å². The normalized spacial score (nSPS) is 10.8. The Morgan fingerprint density at radius 2 is 1.59 bits per heavy atom. The molecule has 0 aliphatic rings. The number of nitrogens with one attached hydrogen (secondary N) is 2. The Labute approximate surface area is 193 Å². The maximum absolute atomic E-state index is 12.5. The number of anilines is 2. The zero-order valence-electron chi connectivity index (χ0n) is 18.9. The summed E-state index contributed by atoms with van der Waals surface area (Å²) >= 11 is 1.31. The molecule has 0 aliphatic carbocycles. The Morgan fingerprint density at radius 1 is 0.906 bits per heavy atom. The van der Waals surface area contributed by atoms with E-state index < -0.39 is 0 Å². The van der Waals surface area contributed by atoms with E-state index in [-0.39, 0.29) is 24.0 Å². The number of hydrogen-bond donors (Lipinski definition) is 2. The van der Waals surface area contributed by atoms with Gasteiger partial charge in [-0.15, -0.1) is 10.2 Å². The summed E-state index contributed by atoms with van der Waals surface area (Å²) in [5.74, 6) is 0.522. The van der Waals surface area contributed by atoms with E-state index in [0.717, 1.165) is 23.4 Å². The molecule has 3 aromatic rings. The van der Waals surface area contributed by atoms with Crippen LogP contribution in [0.25, 0.3) is 0 Å². The molecule has 1 heterocycles. The predicted octanol–water partition coefficient (Wildman–Crippen LogP) is 4.39. The number of benzene rings is 2. The van der Waals surface area contributed by atoms with Gasteiger partial charge in [0.25, 0.3) is 0 Å². The number of carbonyl (C=O) groups excluding carboxylic acids is 2. The molecule has 2 N–H and O–H groups in total. The molecule has 0 saturated carbocycles. The number of nitrogens with zero attached hydrogens (tertiary/aromatic N) is 3. The topological polar surface area (TPSA) is 88.9 Å². The van der Waals surface area contributed by atoms with Crippen molar-refractivity contribution in [2.24, 2.45) is 0 Å². The second-order valence-electron chi connectivity index (χ2n) is 7.55. The molecule has 0 bridgehead atoms. The Morgan fingerprint density at radius 3 is 2.25 bits per heavy atom.